The van der Waals surface area contributed by atoms with Gasteiger partial charge in [0.25, 0.3) is 5.91 Å². The number of rotatable bonds is 8. The molecular formula is C24H25ClN6O. The predicted octanol–water partition coefficient (Wildman–Crippen LogP) is 3.77. The largest absolute Gasteiger partial charge is 0.401 e. The first-order valence-electron chi connectivity index (χ1n) is 10.0. The van der Waals surface area contributed by atoms with E-state index in [9.17, 15) is 4.79 Å². The van der Waals surface area contributed by atoms with Crippen LogP contribution in [0, 0.1) is 0 Å². The highest BCUT2D eigenvalue weighted by atomic mass is 35.5. The lowest BCUT2D eigenvalue weighted by atomic mass is 10.1. The van der Waals surface area contributed by atoms with Gasteiger partial charge in [0.1, 0.15) is 5.84 Å². The van der Waals surface area contributed by atoms with Crippen molar-refractivity contribution in [2.45, 2.75) is 6.42 Å². The molecule has 3 aromatic rings. The van der Waals surface area contributed by atoms with E-state index in [1.54, 1.807) is 61.9 Å². The number of hydrogen-bond acceptors (Lipinski definition) is 5. The highest BCUT2D eigenvalue weighted by Crippen LogP contribution is 2.29. The third-order valence-corrected chi connectivity index (χ3v) is 4.95. The first kappa shape index (κ1) is 22.8. The number of nitrogens with one attached hydrogen (secondary N) is 2. The average Bonchev–Trinajstić information content (AvgIpc) is 2.81. The fourth-order valence-corrected chi connectivity index (χ4v) is 3.19. The van der Waals surface area contributed by atoms with Crippen LogP contribution in [0.4, 0.5) is 5.69 Å². The number of nitrogens with two attached hydrogens (primary N) is 2. The number of aromatic nitrogens is 1. The molecule has 164 valence electrons. The fourth-order valence-electron chi connectivity index (χ4n) is 2.97. The van der Waals surface area contributed by atoms with E-state index in [1.807, 2.05) is 18.2 Å². The molecule has 0 spiro atoms. The van der Waals surface area contributed by atoms with Gasteiger partial charge in [-0.05, 0) is 42.5 Å². The van der Waals surface area contributed by atoms with Gasteiger partial charge in [0.15, 0.2) is 0 Å². The van der Waals surface area contributed by atoms with Crippen LogP contribution >= 0.6 is 11.6 Å². The molecule has 0 fully saturated rings. The Kier molecular flexibility index (Phi) is 7.83. The lowest BCUT2D eigenvalue weighted by Gasteiger charge is -2.10. The minimum atomic E-state index is -0.244. The molecule has 0 radical (unpaired) electrons. The molecular weight excluding hydrogens is 424 g/mol. The van der Waals surface area contributed by atoms with Gasteiger partial charge in [0.2, 0.25) is 0 Å². The molecule has 1 aromatic heterocycles. The number of halogens is 1. The summed E-state index contributed by atoms with van der Waals surface area (Å²) in [6.07, 6.45) is 4.02. The van der Waals surface area contributed by atoms with Gasteiger partial charge in [-0.2, -0.15) is 0 Å². The molecule has 6 N–H and O–H groups in total. The van der Waals surface area contributed by atoms with Crippen molar-refractivity contribution in [1.82, 2.24) is 10.3 Å². The predicted molar refractivity (Wildman–Crippen MR) is 131 cm³/mol. The first-order valence-corrected chi connectivity index (χ1v) is 10.4. The second kappa shape index (κ2) is 11.0. The maximum Gasteiger partial charge on any atom is 0.255 e. The molecule has 1 amide bonds. The zero-order valence-electron chi connectivity index (χ0n) is 17.7. The minimum absolute atomic E-state index is 0.244. The number of pyridine rings is 1. The Morgan fingerprint density at radius 1 is 1.09 bits per heavy atom. The monoisotopic (exact) mass is 448 g/mol. The Hall–Kier alpha value is -3.84. The van der Waals surface area contributed by atoms with Crippen LogP contribution in [0.2, 0.25) is 5.02 Å². The summed E-state index contributed by atoms with van der Waals surface area (Å²) in [4.78, 5) is 21.3. The van der Waals surface area contributed by atoms with Gasteiger partial charge in [-0.25, -0.2) is 0 Å². The maximum absolute atomic E-state index is 12.7. The Morgan fingerprint density at radius 3 is 2.53 bits per heavy atom. The molecule has 32 heavy (non-hydrogen) atoms. The van der Waals surface area contributed by atoms with E-state index in [-0.39, 0.29) is 5.91 Å². The summed E-state index contributed by atoms with van der Waals surface area (Å²) >= 11 is 6.31. The zero-order valence-corrected chi connectivity index (χ0v) is 18.4. The van der Waals surface area contributed by atoms with Gasteiger partial charge in [0, 0.05) is 60.5 Å². The summed E-state index contributed by atoms with van der Waals surface area (Å²) in [6.45, 7) is 0.479. The molecule has 0 unspecified atom stereocenters. The summed E-state index contributed by atoms with van der Waals surface area (Å²) in [6, 6.07) is 17.8. The van der Waals surface area contributed by atoms with Crippen molar-refractivity contribution in [1.29, 1.82) is 0 Å². The molecule has 3 rings (SSSR count). The summed E-state index contributed by atoms with van der Waals surface area (Å²) in [5, 5.41) is 6.32. The lowest BCUT2D eigenvalue weighted by molar-refractivity contribution is 0.102. The summed E-state index contributed by atoms with van der Waals surface area (Å²) in [5.41, 5.74) is 15.9. The average molecular weight is 449 g/mol. The quantitative estimate of drug-likeness (QED) is 0.309. The van der Waals surface area contributed by atoms with Crippen LogP contribution in [0.25, 0.3) is 11.3 Å². The molecule has 0 bridgehead atoms. The van der Waals surface area contributed by atoms with Crippen LogP contribution in [0.15, 0.2) is 83.7 Å². The van der Waals surface area contributed by atoms with Gasteiger partial charge in [-0.1, -0.05) is 29.8 Å². The summed E-state index contributed by atoms with van der Waals surface area (Å²) < 4.78 is 0. The Bertz CT molecular complexity index is 1130. The first-order chi connectivity index (χ1) is 15.5. The number of amides is 1. The number of benzene rings is 2. The highest BCUT2D eigenvalue weighted by molar-refractivity contribution is 6.33. The van der Waals surface area contributed by atoms with Crippen LogP contribution in [0.5, 0.6) is 0 Å². The second-order valence-corrected chi connectivity index (χ2v) is 7.37. The van der Waals surface area contributed by atoms with Gasteiger partial charge in [0.05, 0.1) is 10.7 Å². The Labute approximate surface area is 192 Å². The molecule has 0 aliphatic carbocycles. The van der Waals surface area contributed by atoms with Crippen LogP contribution in [-0.2, 0) is 0 Å². The molecule has 8 heteroatoms. The zero-order chi connectivity index (χ0) is 22.9. The number of nitrogens with zero attached hydrogens (tertiary/aromatic N) is 2. The van der Waals surface area contributed by atoms with Crippen LogP contribution in [0.3, 0.4) is 0 Å². The van der Waals surface area contributed by atoms with Gasteiger partial charge in [-0.3, -0.25) is 14.8 Å². The van der Waals surface area contributed by atoms with E-state index in [4.69, 9.17) is 23.1 Å². The molecule has 7 nitrogen and oxygen atoms in total. The molecule has 0 aliphatic heterocycles. The third kappa shape index (κ3) is 6.09. The lowest BCUT2D eigenvalue weighted by Crippen LogP contribution is -2.16. The highest BCUT2D eigenvalue weighted by Gasteiger charge is 2.10. The maximum atomic E-state index is 12.7. The van der Waals surface area contributed by atoms with Crippen molar-refractivity contribution < 1.29 is 4.79 Å². The van der Waals surface area contributed by atoms with Gasteiger partial charge in [-0.15, -0.1) is 0 Å². The van der Waals surface area contributed by atoms with Crippen molar-refractivity contribution in [3.63, 3.8) is 0 Å². The van der Waals surface area contributed by atoms with Crippen LogP contribution < -0.4 is 22.1 Å². The number of carbonyl (C=O) groups excluding carboxylic acids is 1. The van der Waals surface area contributed by atoms with Crippen molar-refractivity contribution in [2.24, 2.45) is 16.5 Å². The molecule has 0 saturated carbocycles. The molecule has 2 aromatic carbocycles. The summed E-state index contributed by atoms with van der Waals surface area (Å²) in [5.74, 6) is 0.151. The molecule has 1 heterocycles. The van der Waals surface area contributed by atoms with E-state index in [2.05, 4.69) is 20.6 Å². The molecule has 0 atom stereocenters. The van der Waals surface area contributed by atoms with Crippen molar-refractivity contribution in [3.05, 3.63) is 94.9 Å². The number of anilines is 1. The molecule has 0 saturated heterocycles. The van der Waals surface area contributed by atoms with Crippen molar-refractivity contribution >= 4 is 29.0 Å². The van der Waals surface area contributed by atoms with Gasteiger partial charge < -0.3 is 22.1 Å². The van der Waals surface area contributed by atoms with E-state index >= 15 is 0 Å². The second-order valence-electron chi connectivity index (χ2n) is 6.97. The van der Waals surface area contributed by atoms with E-state index in [0.717, 1.165) is 16.8 Å². The van der Waals surface area contributed by atoms with Crippen LogP contribution in [0.1, 0.15) is 22.3 Å². The smallest absolute Gasteiger partial charge is 0.255 e. The van der Waals surface area contributed by atoms with E-state index in [1.165, 1.54) is 0 Å². The normalized spacial score (nSPS) is 11.8. The van der Waals surface area contributed by atoms with E-state index < -0.39 is 0 Å². The van der Waals surface area contributed by atoms with Crippen LogP contribution in [-0.4, -0.2) is 30.3 Å². The molecule has 0 aliphatic rings. The SMILES string of the molecule is CN/C=C(\N)CCN=C(N)c1ccc(C(=O)Nc2ccc(Cl)c(-c3ccccn3)c2)cc1. The summed E-state index contributed by atoms with van der Waals surface area (Å²) in [7, 11) is 1.79. The third-order valence-electron chi connectivity index (χ3n) is 4.62. The number of hydrogen-bond donors (Lipinski definition) is 4. The fraction of sp³-hybridized carbons (Fsp3) is 0.125. The van der Waals surface area contributed by atoms with Crippen molar-refractivity contribution in [3.8, 4) is 11.3 Å². The minimum Gasteiger partial charge on any atom is -0.401 e. The topological polar surface area (TPSA) is 118 Å². The van der Waals surface area contributed by atoms with Crippen molar-refractivity contribution in [2.75, 3.05) is 18.9 Å². The number of aliphatic imine (C=N–C) groups is 1. The number of carbonyl (C=O) groups is 1. The van der Waals surface area contributed by atoms with E-state index in [0.29, 0.717) is 40.8 Å². The Morgan fingerprint density at radius 2 is 1.84 bits per heavy atom. The van der Waals surface area contributed by atoms with Gasteiger partial charge >= 0.3 is 0 Å². The number of amidine groups is 1. The Balaban J connectivity index is 1.67. The standard InChI is InChI=1S/C24H25ClN6O/c1-28-15-18(26)11-13-30-23(27)16-5-7-17(8-6-16)24(32)31-19-9-10-21(25)20(14-19)22-4-2-3-12-29-22/h2-10,12,14-15,28H,11,13,26H2,1H3,(H2,27,30)(H,31,32)/b18-15-.